The lowest BCUT2D eigenvalue weighted by atomic mass is 10.1. The third kappa shape index (κ3) is 3.01. The van der Waals surface area contributed by atoms with Crippen LogP contribution in [0.25, 0.3) is 10.9 Å². The molecule has 1 aliphatic heterocycles. The Morgan fingerprint density at radius 1 is 1.12 bits per heavy atom. The highest BCUT2D eigenvalue weighted by atomic mass is 19.4. The standard InChI is InChI=1S/C16H16F3N3O2/c1-21-4-6-22(7-5-21)15(24)14(23)12-9-20-13-8-10(16(17,18)19)2-3-11(12)13/h2-3,8-9,20H,4-7H2,1H3. The fraction of sp³-hybridized carbons (Fsp3) is 0.375. The number of Topliss-reactive ketones (excluding diaryl/α,β-unsaturated/α-hetero) is 1. The number of carbonyl (C=O) groups is 2. The SMILES string of the molecule is CN1CCN(C(=O)C(=O)c2c[nH]c3cc(C(F)(F)F)ccc23)CC1. The monoisotopic (exact) mass is 339 g/mol. The summed E-state index contributed by atoms with van der Waals surface area (Å²) in [6, 6.07) is 3.07. The van der Waals surface area contributed by atoms with Gasteiger partial charge >= 0.3 is 6.18 Å². The summed E-state index contributed by atoms with van der Waals surface area (Å²) < 4.78 is 38.2. The quantitative estimate of drug-likeness (QED) is 0.674. The zero-order valence-corrected chi connectivity index (χ0v) is 13.0. The average molecular weight is 339 g/mol. The highest BCUT2D eigenvalue weighted by molar-refractivity contribution is 6.44. The van der Waals surface area contributed by atoms with Gasteiger partial charge in [0.05, 0.1) is 11.1 Å². The number of piperazine rings is 1. The Labute approximate surface area is 136 Å². The van der Waals surface area contributed by atoms with E-state index in [1.54, 1.807) is 0 Å². The van der Waals surface area contributed by atoms with E-state index in [0.717, 1.165) is 12.1 Å². The maximum absolute atomic E-state index is 12.7. The Bertz CT molecular complexity index is 789. The van der Waals surface area contributed by atoms with Gasteiger partial charge in [-0.1, -0.05) is 6.07 Å². The molecule has 5 nitrogen and oxygen atoms in total. The Morgan fingerprint density at radius 3 is 2.42 bits per heavy atom. The van der Waals surface area contributed by atoms with Crippen LogP contribution in [0.15, 0.2) is 24.4 Å². The molecule has 0 bridgehead atoms. The molecule has 2 heterocycles. The van der Waals surface area contributed by atoms with Gasteiger partial charge in [0, 0.05) is 43.3 Å². The van der Waals surface area contributed by atoms with E-state index in [2.05, 4.69) is 9.88 Å². The van der Waals surface area contributed by atoms with Crippen LogP contribution in [0.2, 0.25) is 0 Å². The van der Waals surface area contributed by atoms with Crippen molar-refractivity contribution < 1.29 is 22.8 Å². The number of nitrogens with one attached hydrogen (secondary N) is 1. The van der Waals surface area contributed by atoms with Crippen LogP contribution < -0.4 is 0 Å². The highest BCUT2D eigenvalue weighted by Crippen LogP contribution is 2.32. The van der Waals surface area contributed by atoms with Gasteiger partial charge in [-0.05, 0) is 19.2 Å². The van der Waals surface area contributed by atoms with Gasteiger partial charge in [0.2, 0.25) is 0 Å². The Morgan fingerprint density at radius 2 is 1.79 bits per heavy atom. The number of amides is 1. The number of halogens is 3. The fourth-order valence-electron chi connectivity index (χ4n) is 2.76. The Balaban J connectivity index is 1.86. The maximum atomic E-state index is 12.7. The van der Waals surface area contributed by atoms with Crippen LogP contribution in [0.1, 0.15) is 15.9 Å². The lowest BCUT2D eigenvalue weighted by Crippen LogP contribution is -2.49. The van der Waals surface area contributed by atoms with Gasteiger partial charge < -0.3 is 14.8 Å². The number of ketones is 1. The van der Waals surface area contributed by atoms with Crippen molar-refractivity contribution in [2.75, 3.05) is 33.2 Å². The van der Waals surface area contributed by atoms with E-state index >= 15 is 0 Å². The number of hydrogen-bond donors (Lipinski definition) is 1. The molecule has 0 atom stereocenters. The minimum absolute atomic E-state index is 0.0997. The predicted octanol–water partition coefficient (Wildman–Crippen LogP) is 2.14. The summed E-state index contributed by atoms with van der Waals surface area (Å²) in [4.78, 5) is 31.0. The van der Waals surface area contributed by atoms with Crippen LogP contribution in [0.4, 0.5) is 13.2 Å². The molecule has 1 aromatic carbocycles. The summed E-state index contributed by atoms with van der Waals surface area (Å²) in [6.07, 6.45) is -3.17. The number of H-pyrrole nitrogens is 1. The molecule has 0 aliphatic carbocycles. The minimum atomic E-state index is -4.46. The normalized spacial score (nSPS) is 16.6. The Kier molecular flexibility index (Phi) is 4.08. The van der Waals surface area contributed by atoms with E-state index < -0.39 is 23.4 Å². The van der Waals surface area contributed by atoms with Gasteiger partial charge in [0.1, 0.15) is 0 Å². The number of nitrogens with zero attached hydrogens (tertiary/aromatic N) is 2. The molecular weight excluding hydrogens is 323 g/mol. The molecule has 8 heteroatoms. The average Bonchev–Trinajstić information content (AvgIpc) is 2.96. The zero-order chi connectivity index (χ0) is 17.5. The van der Waals surface area contributed by atoms with Gasteiger partial charge in [-0.25, -0.2) is 0 Å². The molecule has 0 saturated carbocycles. The molecular formula is C16H16F3N3O2. The van der Waals surface area contributed by atoms with Crippen molar-refractivity contribution in [3.05, 3.63) is 35.5 Å². The molecule has 1 fully saturated rings. The smallest absolute Gasteiger partial charge is 0.360 e. The van der Waals surface area contributed by atoms with Crippen LogP contribution in [-0.4, -0.2) is 59.7 Å². The molecule has 1 N–H and O–H groups in total. The fourth-order valence-corrected chi connectivity index (χ4v) is 2.76. The Hall–Kier alpha value is -2.35. The third-order valence-electron chi connectivity index (χ3n) is 4.24. The first-order chi connectivity index (χ1) is 11.3. The lowest BCUT2D eigenvalue weighted by Gasteiger charge is -2.31. The van der Waals surface area contributed by atoms with Crippen LogP contribution in [-0.2, 0) is 11.0 Å². The molecule has 0 radical (unpaired) electrons. The molecule has 3 rings (SSSR count). The first-order valence-electron chi connectivity index (χ1n) is 7.48. The molecule has 24 heavy (non-hydrogen) atoms. The van der Waals surface area contributed by atoms with E-state index in [1.807, 2.05) is 7.05 Å². The van der Waals surface area contributed by atoms with Crippen molar-refractivity contribution in [2.45, 2.75) is 6.18 Å². The molecule has 0 unspecified atom stereocenters. The van der Waals surface area contributed by atoms with Gasteiger partial charge in [0.25, 0.3) is 11.7 Å². The van der Waals surface area contributed by atoms with E-state index in [0.29, 0.717) is 31.6 Å². The summed E-state index contributed by atoms with van der Waals surface area (Å²) in [5.74, 6) is -1.32. The number of aromatic nitrogens is 1. The largest absolute Gasteiger partial charge is 0.416 e. The van der Waals surface area contributed by atoms with E-state index in [4.69, 9.17) is 0 Å². The summed E-state index contributed by atoms with van der Waals surface area (Å²) in [5, 5.41) is 0.315. The number of benzene rings is 1. The van der Waals surface area contributed by atoms with Gasteiger partial charge in [-0.15, -0.1) is 0 Å². The van der Waals surface area contributed by atoms with Gasteiger partial charge in [0.15, 0.2) is 0 Å². The van der Waals surface area contributed by atoms with E-state index in [-0.39, 0.29) is 11.1 Å². The second-order valence-corrected chi connectivity index (χ2v) is 5.89. The van der Waals surface area contributed by atoms with Crippen molar-refractivity contribution in [1.29, 1.82) is 0 Å². The third-order valence-corrected chi connectivity index (χ3v) is 4.24. The van der Waals surface area contributed by atoms with Crippen molar-refractivity contribution in [3.63, 3.8) is 0 Å². The molecule has 1 amide bonds. The first kappa shape index (κ1) is 16.5. The van der Waals surface area contributed by atoms with Crippen LogP contribution in [0.3, 0.4) is 0 Å². The minimum Gasteiger partial charge on any atom is -0.360 e. The molecule has 0 spiro atoms. The molecule has 1 aromatic heterocycles. The van der Waals surface area contributed by atoms with Crippen molar-refractivity contribution >= 4 is 22.6 Å². The number of hydrogen-bond acceptors (Lipinski definition) is 3. The number of fused-ring (bicyclic) bond motifs is 1. The number of aromatic amines is 1. The summed E-state index contributed by atoms with van der Waals surface area (Å²) >= 11 is 0. The number of rotatable bonds is 2. The van der Waals surface area contributed by atoms with Gasteiger partial charge in [-0.3, -0.25) is 9.59 Å². The molecule has 2 aromatic rings. The predicted molar refractivity (Wildman–Crippen MR) is 81.7 cm³/mol. The van der Waals surface area contributed by atoms with Crippen LogP contribution >= 0.6 is 0 Å². The van der Waals surface area contributed by atoms with Crippen LogP contribution in [0.5, 0.6) is 0 Å². The number of likely N-dealkylation sites (N-methyl/N-ethyl adjacent to an activating group) is 1. The second-order valence-electron chi connectivity index (χ2n) is 5.89. The maximum Gasteiger partial charge on any atom is 0.416 e. The lowest BCUT2D eigenvalue weighted by molar-refractivity contribution is -0.137. The molecule has 1 saturated heterocycles. The van der Waals surface area contributed by atoms with Crippen molar-refractivity contribution in [1.82, 2.24) is 14.8 Å². The first-order valence-corrected chi connectivity index (χ1v) is 7.48. The number of alkyl halides is 3. The second kappa shape index (κ2) is 5.94. The van der Waals surface area contributed by atoms with Crippen molar-refractivity contribution in [2.24, 2.45) is 0 Å². The summed E-state index contributed by atoms with van der Waals surface area (Å²) in [5.41, 5.74) is -0.525. The topological polar surface area (TPSA) is 56.4 Å². The highest BCUT2D eigenvalue weighted by Gasteiger charge is 2.32. The molecule has 1 aliphatic rings. The van der Waals surface area contributed by atoms with E-state index in [9.17, 15) is 22.8 Å². The summed E-state index contributed by atoms with van der Waals surface area (Å²) in [7, 11) is 1.93. The molecule has 128 valence electrons. The van der Waals surface area contributed by atoms with Gasteiger partial charge in [-0.2, -0.15) is 13.2 Å². The number of carbonyl (C=O) groups excluding carboxylic acids is 2. The zero-order valence-electron chi connectivity index (χ0n) is 13.0. The van der Waals surface area contributed by atoms with Crippen LogP contribution in [0, 0.1) is 0 Å². The van der Waals surface area contributed by atoms with Crippen molar-refractivity contribution in [3.8, 4) is 0 Å². The van der Waals surface area contributed by atoms with E-state index in [1.165, 1.54) is 17.2 Å². The summed E-state index contributed by atoms with van der Waals surface area (Å²) in [6.45, 7) is 2.28.